The molecule has 1 N–H and O–H groups in total. The van der Waals surface area contributed by atoms with Gasteiger partial charge in [0.15, 0.2) is 0 Å². The second-order valence-corrected chi connectivity index (χ2v) is 8.06. The van der Waals surface area contributed by atoms with Gasteiger partial charge in [0.25, 0.3) is 11.8 Å². The second kappa shape index (κ2) is 8.09. The lowest BCUT2D eigenvalue weighted by molar-refractivity contribution is 0.0431. The van der Waals surface area contributed by atoms with Crippen molar-refractivity contribution >= 4 is 28.4 Å². The van der Waals surface area contributed by atoms with Crippen LogP contribution < -0.4 is 4.90 Å². The third-order valence-corrected chi connectivity index (χ3v) is 6.06. The number of benzene rings is 2. The quantitative estimate of drug-likeness (QED) is 0.642. The molecule has 0 spiro atoms. The van der Waals surface area contributed by atoms with Crippen molar-refractivity contribution in [2.24, 2.45) is 0 Å². The van der Waals surface area contributed by atoms with Crippen LogP contribution in [0.4, 0.5) is 5.82 Å². The Bertz CT molecular complexity index is 1080. The Labute approximate surface area is 180 Å². The normalized spacial score (nSPS) is 18.0. The molecule has 0 aliphatic carbocycles. The first-order valence-electron chi connectivity index (χ1n) is 10.6. The average Bonchev–Trinajstić information content (AvgIpc) is 2.81. The van der Waals surface area contributed by atoms with E-state index in [1.165, 1.54) is 4.90 Å². The average molecular weight is 416 g/mol. The number of carbonyl (C=O) groups is 2. The van der Waals surface area contributed by atoms with Crippen molar-refractivity contribution in [2.45, 2.75) is 6.10 Å². The van der Waals surface area contributed by atoms with Gasteiger partial charge in [-0.1, -0.05) is 30.3 Å². The number of anilines is 1. The molecule has 3 heterocycles. The predicted molar refractivity (Wildman–Crippen MR) is 118 cm³/mol. The number of pyridine rings is 1. The number of aliphatic hydroxyl groups excluding tert-OH is 1. The zero-order valence-electron chi connectivity index (χ0n) is 17.1. The van der Waals surface area contributed by atoms with E-state index in [0.29, 0.717) is 23.1 Å². The van der Waals surface area contributed by atoms with Crippen molar-refractivity contribution in [3.8, 4) is 0 Å². The summed E-state index contributed by atoms with van der Waals surface area (Å²) in [4.78, 5) is 36.0. The first kappa shape index (κ1) is 19.7. The van der Waals surface area contributed by atoms with Gasteiger partial charge >= 0.3 is 0 Å². The number of piperazine rings is 1. The minimum absolute atomic E-state index is 0.0111. The number of aliphatic hydroxyl groups is 1. The molecule has 0 saturated carbocycles. The highest BCUT2D eigenvalue weighted by Crippen LogP contribution is 2.30. The standard InChI is InChI=1S/C24H24N4O3/c29-18(15-26-11-13-27(14-12-26)21-9-1-2-10-25-21)16-28-23(30)19-7-3-5-17-6-4-8-20(22(17)19)24(28)31/h1-10,18,29H,11-16H2. The number of nitrogens with zero attached hydrogens (tertiary/aromatic N) is 4. The fourth-order valence-electron chi connectivity index (χ4n) is 4.51. The number of amides is 2. The molecular weight excluding hydrogens is 392 g/mol. The van der Waals surface area contributed by atoms with Gasteiger partial charge in [-0.2, -0.15) is 0 Å². The molecule has 7 nitrogen and oxygen atoms in total. The molecule has 7 heteroatoms. The largest absolute Gasteiger partial charge is 0.390 e. The van der Waals surface area contributed by atoms with Crippen LogP contribution in [-0.2, 0) is 0 Å². The fourth-order valence-corrected chi connectivity index (χ4v) is 4.51. The summed E-state index contributed by atoms with van der Waals surface area (Å²) in [7, 11) is 0. The Hall–Kier alpha value is -3.29. The van der Waals surface area contributed by atoms with E-state index in [1.807, 2.05) is 42.5 Å². The molecule has 2 aliphatic rings. The minimum Gasteiger partial charge on any atom is -0.390 e. The Morgan fingerprint density at radius 1 is 0.839 bits per heavy atom. The van der Waals surface area contributed by atoms with Gasteiger partial charge in [-0.3, -0.25) is 19.4 Å². The van der Waals surface area contributed by atoms with Crippen LogP contribution in [-0.4, -0.2) is 77.1 Å². The van der Waals surface area contributed by atoms with Crippen molar-refractivity contribution in [3.63, 3.8) is 0 Å². The Kier molecular flexibility index (Phi) is 5.13. The predicted octanol–water partition coefficient (Wildman–Crippen LogP) is 2.01. The minimum atomic E-state index is -0.807. The fraction of sp³-hybridized carbons (Fsp3) is 0.292. The monoisotopic (exact) mass is 416 g/mol. The highest BCUT2D eigenvalue weighted by Gasteiger charge is 2.34. The number of carbonyl (C=O) groups excluding carboxylic acids is 2. The summed E-state index contributed by atoms with van der Waals surface area (Å²) >= 11 is 0. The first-order chi connectivity index (χ1) is 15.1. The molecule has 2 aliphatic heterocycles. The summed E-state index contributed by atoms with van der Waals surface area (Å²) in [5.41, 5.74) is 1.03. The van der Waals surface area contributed by atoms with Gasteiger partial charge < -0.3 is 10.0 Å². The maximum atomic E-state index is 13.0. The van der Waals surface area contributed by atoms with Gasteiger partial charge in [-0.15, -0.1) is 0 Å². The van der Waals surface area contributed by atoms with Gasteiger partial charge in [-0.25, -0.2) is 4.98 Å². The summed E-state index contributed by atoms with van der Waals surface area (Å²) in [6, 6.07) is 16.8. The molecule has 1 atom stereocenters. The topological polar surface area (TPSA) is 77.0 Å². The smallest absolute Gasteiger partial charge is 0.261 e. The Morgan fingerprint density at radius 3 is 2.13 bits per heavy atom. The SMILES string of the molecule is O=C1c2cccc3cccc(c23)C(=O)N1CC(O)CN1CCN(c2ccccn2)CC1. The zero-order valence-corrected chi connectivity index (χ0v) is 17.1. The van der Waals surface area contributed by atoms with Gasteiger partial charge in [-0.05, 0) is 29.7 Å². The van der Waals surface area contributed by atoms with Crippen LogP contribution in [0.25, 0.3) is 10.8 Å². The highest BCUT2D eigenvalue weighted by molar-refractivity contribution is 6.25. The summed E-state index contributed by atoms with van der Waals surface area (Å²) < 4.78 is 0. The van der Waals surface area contributed by atoms with Crippen LogP contribution in [0.5, 0.6) is 0 Å². The molecule has 1 fully saturated rings. The van der Waals surface area contributed by atoms with Crippen LogP contribution in [0.3, 0.4) is 0 Å². The van der Waals surface area contributed by atoms with Crippen molar-refractivity contribution in [3.05, 3.63) is 71.9 Å². The van der Waals surface area contributed by atoms with E-state index >= 15 is 0 Å². The summed E-state index contributed by atoms with van der Waals surface area (Å²) in [5.74, 6) is 0.279. The molecule has 0 radical (unpaired) electrons. The van der Waals surface area contributed by atoms with Crippen LogP contribution in [0.1, 0.15) is 20.7 Å². The van der Waals surface area contributed by atoms with Crippen molar-refractivity contribution < 1.29 is 14.7 Å². The van der Waals surface area contributed by atoms with Crippen LogP contribution in [0.15, 0.2) is 60.8 Å². The van der Waals surface area contributed by atoms with E-state index < -0.39 is 6.10 Å². The maximum absolute atomic E-state index is 13.0. The third kappa shape index (κ3) is 3.66. The molecule has 3 aromatic rings. The first-order valence-corrected chi connectivity index (χ1v) is 10.6. The van der Waals surface area contributed by atoms with E-state index in [9.17, 15) is 14.7 Å². The molecule has 1 aromatic heterocycles. The zero-order chi connectivity index (χ0) is 21.4. The number of rotatable bonds is 5. The molecule has 31 heavy (non-hydrogen) atoms. The van der Waals surface area contributed by atoms with Crippen molar-refractivity contribution in [1.82, 2.24) is 14.8 Å². The van der Waals surface area contributed by atoms with Crippen molar-refractivity contribution in [1.29, 1.82) is 0 Å². The van der Waals surface area contributed by atoms with Crippen LogP contribution in [0, 0.1) is 0 Å². The van der Waals surface area contributed by atoms with E-state index in [4.69, 9.17) is 0 Å². The summed E-state index contributed by atoms with van der Waals surface area (Å²) in [6.07, 6.45) is 0.982. The molecule has 5 rings (SSSR count). The van der Waals surface area contributed by atoms with Gasteiger partial charge in [0, 0.05) is 55.4 Å². The van der Waals surface area contributed by atoms with E-state index in [-0.39, 0.29) is 18.4 Å². The molecular formula is C24H24N4O3. The van der Waals surface area contributed by atoms with Crippen molar-refractivity contribution in [2.75, 3.05) is 44.2 Å². The molecule has 2 aromatic carbocycles. The second-order valence-electron chi connectivity index (χ2n) is 8.06. The summed E-state index contributed by atoms with van der Waals surface area (Å²) in [6.45, 7) is 3.62. The summed E-state index contributed by atoms with van der Waals surface area (Å²) in [5, 5.41) is 12.3. The van der Waals surface area contributed by atoms with Crippen LogP contribution >= 0.6 is 0 Å². The van der Waals surface area contributed by atoms with Gasteiger partial charge in [0.2, 0.25) is 0 Å². The van der Waals surface area contributed by atoms with Gasteiger partial charge in [0.1, 0.15) is 5.82 Å². The van der Waals surface area contributed by atoms with E-state index in [0.717, 1.165) is 37.4 Å². The third-order valence-electron chi connectivity index (χ3n) is 6.06. The lowest BCUT2D eigenvalue weighted by Crippen LogP contribution is -2.51. The highest BCUT2D eigenvalue weighted by atomic mass is 16.3. The number of imide groups is 1. The van der Waals surface area contributed by atoms with Crippen LogP contribution in [0.2, 0.25) is 0 Å². The number of aromatic nitrogens is 1. The number of β-amino-alcohol motifs (C(OH)–C–C–N with tert-alkyl or cyclic N) is 1. The Balaban J connectivity index is 1.24. The maximum Gasteiger partial charge on any atom is 0.261 e. The van der Waals surface area contributed by atoms with E-state index in [2.05, 4.69) is 14.8 Å². The lowest BCUT2D eigenvalue weighted by atomic mass is 9.94. The molecule has 158 valence electrons. The number of hydrogen-bond donors (Lipinski definition) is 1. The van der Waals surface area contributed by atoms with Gasteiger partial charge in [0.05, 0.1) is 12.6 Å². The molecule has 2 amide bonds. The lowest BCUT2D eigenvalue weighted by Gasteiger charge is -2.37. The molecule has 0 bridgehead atoms. The number of hydrogen-bond acceptors (Lipinski definition) is 6. The molecule has 1 unspecified atom stereocenters. The molecule has 1 saturated heterocycles. The Morgan fingerprint density at radius 2 is 1.52 bits per heavy atom. The van der Waals surface area contributed by atoms with E-state index in [1.54, 1.807) is 18.3 Å².